The van der Waals surface area contributed by atoms with Gasteiger partial charge in [0.25, 0.3) is 0 Å². The molecule has 0 bridgehead atoms. The third-order valence-corrected chi connectivity index (χ3v) is 3.25. The van der Waals surface area contributed by atoms with Crippen LogP contribution >= 0.6 is 7.60 Å². The first-order valence-corrected chi connectivity index (χ1v) is 7.04. The number of rotatable bonds is 10. The van der Waals surface area contributed by atoms with Gasteiger partial charge in [0.2, 0.25) is 0 Å². The van der Waals surface area contributed by atoms with E-state index in [4.69, 9.17) is 9.63 Å². The summed E-state index contributed by atoms with van der Waals surface area (Å²) in [5.74, 6) is 0. The molecule has 0 aliphatic heterocycles. The molecule has 0 heterocycles. The summed E-state index contributed by atoms with van der Waals surface area (Å²) in [7, 11) is -2.16. The monoisotopic (exact) mass is 239 g/mol. The molecule has 0 fully saturated rings. The fraction of sp³-hybridized carbons (Fsp3) is 1.00. The van der Waals surface area contributed by atoms with Gasteiger partial charge < -0.3 is 19.5 Å². The highest BCUT2D eigenvalue weighted by molar-refractivity contribution is 7.52. The van der Waals surface area contributed by atoms with E-state index in [1.165, 1.54) is 13.5 Å². The van der Waals surface area contributed by atoms with Crippen LogP contribution < -0.4 is 5.32 Å². The first kappa shape index (κ1) is 15.1. The average molecular weight is 239 g/mol. The molecule has 0 rings (SSSR count). The molecule has 1 atom stereocenters. The van der Waals surface area contributed by atoms with Crippen molar-refractivity contribution >= 4 is 7.60 Å². The van der Waals surface area contributed by atoms with E-state index in [1.54, 1.807) is 0 Å². The normalized spacial score (nSPS) is 15.1. The van der Waals surface area contributed by atoms with Crippen LogP contribution in [0, 0.1) is 0 Å². The van der Waals surface area contributed by atoms with Crippen LogP contribution in [-0.4, -0.2) is 44.5 Å². The molecule has 1 unspecified atom stereocenters. The lowest BCUT2D eigenvalue weighted by molar-refractivity contribution is 0.146. The standard InChI is InChI=1S/C9H22NO4P/c1-3-4-5-10-6-7-14-8-9-15(11,12)13-2/h10H,3-9H2,1-2H3,(H,11,12). The Balaban J connectivity index is 3.15. The lowest BCUT2D eigenvalue weighted by Crippen LogP contribution is -2.21. The largest absolute Gasteiger partial charge is 0.379 e. The molecule has 6 heteroatoms. The summed E-state index contributed by atoms with van der Waals surface area (Å²) in [5.41, 5.74) is 0. The second-order valence-corrected chi connectivity index (χ2v) is 5.35. The smallest absolute Gasteiger partial charge is 0.330 e. The van der Waals surface area contributed by atoms with Crippen molar-refractivity contribution in [2.75, 3.05) is 39.6 Å². The van der Waals surface area contributed by atoms with Crippen molar-refractivity contribution < 1.29 is 18.7 Å². The van der Waals surface area contributed by atoms with Crippen molar-refractivity contribution in [3.05, 3.63) is 0 Å². The summed E-state index contributed by atoms with van der Waals surface area (Å²) >= 11 is 0. The van der Waals surface area contributed by atoms with E-state index in [0.717, 1.165) is 19.5 Å². The van der Waals surface area contributed by atoms with E-state index >= 15 is 0 Å². The van der Waals surface area contributed by atoms with Crippen molar-refractivity contribution in [3.63, 3.8) is 0 Å². The Bertz CT molecular complexity index is 189. The van der Waals surface area contributed by atoms with Crippen molar-refractivity contribution in [1.29, 1.82) is 0 Å². The van der Waals surface area contributed by atoms with Crippen LogP contribution in [0.15, 0.2) is 0 Å². The Morgan fingerprint density at radius 3 is 2.67 bits per heavy atom. The van der Waals surface area contributed by atoms with E-state index < -0.39 is 7.60 Å². The topological polar surface area (TPSA) is 67.8 Å². The summed E-state index contributed by atoms with van der Waals surface area (Å²) < 4.78 is 20.6. The van der Waals surface area contributed by atoms with Gasteiger partial charge in [-0.15, -0.1) is 0 Å². The predicted molar refractivity (Wildman–Crippen MR) is 60.3 cm³/mol. The molecule has 0 saturated carbocycles. The van der Waals surface area contributed by atoms with Crippen molar-refractivity contribution in [2.24, 2.45) is 0 Å². The van der Waals surface area contributed by atoms with Crippen LogP contribution in [0.4, 0.5) is 0 Å². The summed E-state index contributed by atoms with van der Waals surface area (Å²) in [6.45, 7) is 4.74. The molecular formula is C9H22NO4P. The third kappa shape index (κ3) is 10.4. The summed E-state index contributed by atoms with van der Waals surface area (Å²) in [4.78, 5) is 9.03. The molecule has 0 saturated heterocycles. The molecule has 0 amide bonds. The van der Waals surface area contributed by atoms with Crippen molar-refractivity contribution in [3.8, 4) is 0 Å². The molecule has 0 radical (unpaired) electrons. The fourth-order valence-corrected chi connectivity index (χ4v) is 1.49. The van der Waals surface area contributed by atoms with Crippen LogP contribution in [0.5, 0.6) is 0 Å². The first-order chi connectivity index (χ1) is 7.12. The quantitative estimate of drug-likeness (QED) is 0.443. The minimum absolute atomic E-state index is 0.0540. The molecule has 0 aromatic carbocycles. The van der Waals surface area contributed by atoms with Gasteiger partial charge in [0.15, 0.2) is 0 Å². The van der Waals surface area contributed by atoms with Crippen molar-refractivity contribution in [1.82, 2.24) is 5.32 Å². The molecule has 15 heavy (non-hydrogen) atoms. The third-order valence-electron chi connectivity index (χ3n) is 1.93. The number of nitrogens with one attached hydrogen (secondary N) is 1. The highest BCUT2D eigenvalue weighted by Gasteiger charge is 2.15. The molecule has 0 spiro atoms. The SMILES string of the molecule is CCCCNCCOCCP(=O)(O)OC. The summed E-state index contributed by atoms with van der Waals surface area (Å²) in [5, 5.41) is 3.21. The van der Waals surface area contributed by atoms with Crippen LogP contribution in [0.25, 0.3) is 0 Å². The van der Waals surface area contributed by atoms with Gasteiger partial charge >= 0.3 is 7.60 Å². The second kappa shape index (κ2) is 9.31. The Kier molecular flexibility index (Phi) is 9.35. The molecular weight excluding hydrogens is 217 g/mol. The Labute approximate surface area is 91.7 Å². The van der Waals surface area contributed by atoms with E-state index in [-0.39, 0.29) is 12.8 Å². The summed E-state index contributed by atoms with van der Waals surface area (Å²) in [6, 6.07) is 0. The minimum Gasteiger partial charge on any atom is -0.379 e. The van der Waals surface area contributed by atoms with E-state index in [2.05, 4.69) is 16.8 Å². The highest BCUT2D eigenvalue weighted by atomic mass is 31.2. The van der Waals surface area contributed by atoms with Gasteiger partial charge in [0.1, 0.15) is 0 Å². The number of hydrogen-bond acceptors (Lipinski definition) is 4. The van der Waals surface area contributed by atoms with Gasteiger partial charge in [-0.25, -0.2) is 0 Å². The highest BCUT2D eigenvalue weighted by Crippen LogP contribution is 2.39. The maximum absolute atomic E-state index is 11.0. The molecule has 0 aliphatic carbocycles. The van der Waals surface area contributed by atoms with Crippen LogP contribution in [0.3, 0.4) is 0 Å². The molecule has 92 valence electrons. The number of ether oxygens (including phenoxy) is 1. The number of unbranched alkanes of at least 4 members (excludes halogenated alkanes) is 1. The maximum atomic E-state index is 11.0. The molecule has 5 nitrogen and oxygen atoms in total. The lowest BCUT2D eigenvalue weighted by Gasteiger charge is -2.09. The van der Waals surface area contributed by atoms with Gasteiger partial charge in [0, 0.05) is 13.7 Å². The van der Waals surface area contributed by atoms with Gasteiger partial charge in [-0.2, -0.15) is 0 Å². The average Bonchev–Trinajstić information content (AvgIpc) is 2.22. The zero-order chi connectivity index (χ0) is 11.6. The zero-order valence-corrected chi connectivity index (χ0v) is 10.5. The predicted octanol–water partition coefficient (Wildman–Crippen LogP) is 1.22. The molecule has 0 aliphatic rings. The van der Waals surface area contributed by atoms with Gasteiger partial charge in [-0.1, -0.05) is 13.3 Å². The van der Waals surface area contributed by atoms with E-state index in [0.29, 0.717) is 6.61 Å². The Morgan fingerprint density at radius 2 is 2.07 bits per heavy atom. The van der Waals surface area contributed by atoms with Crippen LogP contribution in [0.1, 0.15) is 19.8 Å². The van der Waals surface area contributed by atoms with Gasteiger partial charge in [0.05, 0.1) is 19.4 Å². The summed E-state index contributed by atoms with van der Waals surface area (Å²) in [6.07, 6.45) is 2.39. The Morgan fingerprint density at radius 1 is 1.33 bits per heavy atom. The molecule has 0 aromatic heterocycles. The molecule has 2 N–H and O–H groups in total. The van der Waals surface area contributed by atoms with Gasteiger partial charge in [-0.3, -0.25) is 4.57 Å². The second-order valence-electron chi connectivity index (χ2n) is 3.26. The van der Waals surface area contributed by atoms with Crippen molar-refractivity contribution in [2.45, 2.75) is 19.8 Å². The van der Waals surface area contributed by atoms with E-state index in [1.807, 2.05) is 0 Å². The van der Waals surface area contributed by atoms with E-state index in [9.17, 15) is 4.57 Å². The number of hydrogen-bond donors (Lipinski definition) is 2. The molecule has 0 aromatic rings. The first-order valence-electron chi connectivity index (χ1n) is 5.28. The van der Waals surface area contributed by atoms with Crippen LogP contribution in [-0.2, 0) is 13.8 Å². The minimum atomic E-state index is -3.39. The maximum Gasteiger partial charge on any atom is 0.330 e. The Hall–Kier alpha value is 0.0700. The van der Waals surface area contributed by atoms with Gasteiger partial charge in [-0.05, 0) is 13.0 Å². The fourth-order valence-electron chi connectivity index (χ4n) is 0.944. The zero-order valence-electron chi connectivity index (χ0n) is 9.57. The lowest BCUT2D eigenvalue weighted by atomic mass is 10.3. The van der Waals surface area contributed by atoms with Crippen LogP contribution in [0.2, 0.25) is 0 Å².